The van der Waals surface area contributed by atoms with Crippen LogP contribution in [0.25, 0.3) is 11.3 Å². The Labute approximate surface area is 180 Å². The molecule has 0 saturated heterocycles. The van der Waals surface area contributed by atoms with E-state index in [1.165, 1.54) is 0 Å². The van der Waals surface area contributed by atoms with Crippen molar-refractivity contribution in [2.45, 2.75) is 19.6 Å². The van der Waals surface area contributed by atoms with Crippen molar-refractivity contribution in [1.29, 1.82) is 0 Å². The molecule has 0 saturated carbocycles. The van der Waals surface area contributed by atoms with Crippen molar-refractivity contribution >= 4 is 11.9 Å². The highest BCUT2D eigenvalue weighted by molar-refractivity contribution is 5.78. The van der Waals surface area contributed by atoms with Gasteiger partial charge in [-0.15, -0.1) is 0 Å². The summed E-state index contributed by atoms with van der Waals surface area (Å²) in [5.41, 5.74) is 10.4. The van der Waals surface area contributed by atoms with Gasteiger partial charge in [-0.3, -0.25) is 4.79 Å². The topological polar surface area (TPSA) is 106 Å². The number of amides is 1. The first-order valence-corrected chi connectivity index (χ1v) is 9.94. The third kappa shape index (κ3) is 5.70. The van der Waals surface area contributed by atoms with Crippen LogP contribution in [0.1, 0.15) is 16.7 Å². The number of ether oxygens (including phenoxy) is 1. The van der Waals surface area contributed by atoms with Gasteiger partial charge in [0.25, 0.3) is 0 Å². The Morgan fingerprint density at radius 2 is 1.68 bits per heavy atom. The van der Waals surface area contributed by atoms with Crippen molar-refractivity contribution in [3.05, 3.63) is 95.8 Å². The molecular formula is C24H23N5O2. The third-order valence-corrected chi connectivity index (χ3v) is 4.74. The maximum atomic E-state index is 12.3. The molecule has 7 nitrogen and oxygen atoms in total. The molecule has 0 aliphatic rings. The zero-order valence-electron chi connectivity index (χ0n) is 16.9. The summed E-state index contributed by atoms with van der Waals surface area (Å²) in [6.07, 6.45) is 3.63. The molecule has 156 valence electrons. The van der Waals surface area contributed by atoms with Crippen LogP contribution in [0, 0.1) is 0 Å². The number of carbonyl (C=O) groups is 1. The number of hydrogen-bond donors (Lipinski definition) is 3. The minimum atomic E-state index is -0.0647. The predicted molar refractivity (Wildman–Crippen MR) is 119 cm³/mol. The fraction of sp³-hybridized carbons (Fsp3) is 0.125. The predicted octanol–water partition coefficient (Wildman–Crippen LogP) is 3.49. The zero-order valence-corrected chi connectivity index (χ0v) is 16.9. The number of anilines is 1. The van der Waals surface area contributed by atoms with Gasteiger partial charge in [0.1, 0.15) is 6.61 Å². The van der Waals surface area contributed by atoms with Gasteiger partial charge in [0.05, 0.1) is 18.3 Å². The van der Waals surface area contributed by atoms with Crippen LogP contribution in [0.5, 0.6) is 5.88 Å². The zero-order chi connectivity index (χ0) is 21.5. The molecule has 2 aromatic heterocycles. The molecule has 2 heterocycles. The van der Waals surface area contributed by atoms with Crippen LogP contribution < -0.4 is 15.8 Å². The smallest absolute Gasteiger partial charge is 0.224 e. The highest BCUT2D eigenvalue weighted by Crippen LogP contribution is 2.18. The molecule has 1 amide bonds. The van der Waals surface area contributed by atoms with E-state index in [0.29, 0.717) is 25.0 Å². The summed E-state index contributed by atoms with van der Waals surface area (Å²) in [5, 5.41) is 2.93. The van der Waals surface area contributed by atoms with Crippen LogP contribution in [0.15, 0.2) is 79.1 Å². The Hall–Kier alpha value is -4.13. The minimum Gasteiger partial charge on any atom is -0.473 e. The largest absolute Gasteiger partial charge is 0.473 e. The fourth-order valence-corrected chi connectivity index (χ4v) is 3.07. The molecular weight excluding hydrogens is 390 g/mol. The normalized spacial score (nSPS) is 10.6. The Bertz CT molecular complexity index is 1120. The molecule has 0 atom stereocenters. The van der Waals surface area contributed by atoms with Gasteiger partial charge in [-0.2, -0.15) is 0 Å². The van der Waals surface area contributed by atoms with Gasteiger partial charge in [-0.25, -0.2) is 9.97 Å². The van der Waals surface area contributed by atoms with Crippen LogP contribution in [-0.2, 0) is 24.4 Å². The highest BCUT2D eigenvalue weighted by Gasteiger charge is 2.06. The van der Waals surface area contributed by atoms with E-state index in [1.54, 1.807) is 18.5 Å². The van der Waals surface area contributed by atoms with Gasteiger partial charge in [0, 0.05) is 18.8 Å². The van der Waals surface area contributed by atoms with Crippen molar-refractivity contribution in [2.75, 3.05) is 5.73 Å². The Morgan fingerprint density at radius 3 is 2.35 bits per heavy atom. The Morgan fingerprint density at radius 1 is 0.903 bits per heavy atom. The number of benzene rings is 2. The molecule has 4 aromatic rings. The van der Waals surface area contributed by atoms with Crippen LogP contribution in [-0.4, -0.2) is 20.9 Å². The highest BCUT2D eigenvalue weighted by atomic mass is 16.5. The molecule has 0 radical (unpaired) electrons. The number of carbonyl (C=O) groups excluding carboxylic acids is 1. The average molecular weight is 413 g/mol. The second-order valence-corrected chi connectivity index (χ2v) is 7.11. The van der Waals surface area contributed by atoms with Crippen LogP contribution in [0.3, 0.4) is 0 Å². The molecule has 0 aliphatic heterocycles. The van der Waals surface area contributed by atoms with Gasteiger partial charge in [0.2, 0.25) is 11.8 Å². The summed E-state index contributed by atoms with van der Waals surface area (Å²) in [5.74, 6) is 0.855. The maximum Gasteiger partial charge on any atom is 0.224 e. The molecule has 31 heavy (non-hydrogen) atoms. The summed E-state index contributed by atoms with van der Waals surface area (Å²) in [4.78, 5) is 23.5. The average Bonchev–Trinajstić information content (AvgIpc) is 3.24. The standard InChI is InChI=1S/C24H23N5O2/c25-24-28-15-21(29-24)20-9-6-17(7-10-20)13-26-22(30)12-19-8-11-23(27-14-19)31-16-18-4-2-1-3-5-18/h1-11,14-15H,12-13,16H2,(H,26,30)(H3,25,28,29). The molecule has 0 fully saturated rings. The SMILES string of the molecule is Nc1ncc(-c2ccc(CNC(=O)Cc3ccc(OCc4ccccc4)nc3)cc2)[nH]1. The Balaban J connectivity index is 1.24. The number of nitrogen functional groups attached to an aromatic ring is 1. The van der Waals surface area contributed by atoms with Crippen LogP contribution in [0.2, 0.25) is 0 Å². The minimum absolute atomic E-state index is 0.0647. The lowest BCUT2D eigenvalue weighted by atomic mass is 10.1. The Kier molecular flexibility index (Phi) is 6.23. The van der Waals surface area contributed by atoms with E-state index in [2.05, 4.69) is 20.3 Å². The molecule has 0 unspecified atom stereocenters. The number of nitrogens with zero attached hydrogens (tertiary/aromatic N) is 2. The molecule has 4 N–H and O–H groups in total. The molecule has 4 rings (SSSR count). The van der Waals surface area contributed by atoms with E-state index in [9.17, 15) is 4.79 Å². The van der Waals surface area contributed by atoms with Crippen molar-refractivity contribution in [1.82, 2.24) is 20.3 Å². The number of aromatic amines is 1. The van der Waals surface area contributed by atoms with E-state index in [-0.39, 0.29) is 12.3 Å². The first kappa shape index (κ1) is 20.2. The van der Waals surface area contributed by atoms with E-state index in [0.717, 1.165) is 27.9 Å². The van der Waals surface area contributed by atoms with E-state index in [1.807, 2.05) is 60.7 Å². The number of nitrogens with one attached hydrogen (secondary N) is 2. The third-order valence-electron chi connectivity index (χ3n) is 4.74. The lowest BCUT2D eigenvalue weighted by molar-refractivity contribution is -0.120. The number of imidazole rings is 1. The van der Waals surface area contributed by atoms with Gasteiger partial charge < -0.3 is 20.8 Å². The quantitative estimate of drug-likeness (QED) is 0.410. The summed E-state index contributed by atoms with van der Waals surface area (Å²) in [6.45, 7) is 0.913. The van der Waals surface area contributed by atoms with E-state index < -0.39 is 0 Å². The van der Waals surface area contributed by atoms with Crippen molar-refractivity contribution in [3.63, 3.8) is 0 Å². The first-order chi connectivity index (χ1) is 15.2. The monoisotopic (exact) mass is 413 g/mol. The summed E-state index contributed by atoms with van der Waals surface area (Å²) < 4.78 is 5.68. The van der Waals surface area contributed by atoms with E-state index in [4.69, 9.17) is 10.5 Å². The number of aromatic nitrogens is 3. The second-order valence-electron chi connectivity index (χ2n) is 7.11. The van der Waals surface area contributed by atoms with Gasteiger partial charge >= 0.3 is 0 Å². The number of nitrogens with two attached hydrogens (primary N) is 1. The lowest BCUT2D eigenvalue weighted by Gasteiger charge is -2.08. The summed E-state index contributed by atoms with van der Waals surface area (Å²) >= 11 is 0. The lowest BCUT2D eigenvalue weighted by Crippen LogP contribution is -2.24. The molecule has 0 aliphatic carbocycles. The number of pyridine rings is 1. The number of rotatable bonds is 8. The second kappa shape index (κ2) is 9.58. The van der Waals surface area contributed by atoms with Gasteiger partial charge in [0.15, 0.2) is 5.95 Å². The maximum absolute atomic E-state index is 12.3. The first-order valence-electron chi connectivity index (χ1n) is 9.94. The van der Waals surface area contributed by atoms with Crippen LogP contribution in [0.4, 0.5) is 5.95 Å². The number of hydrogen-bond acceptors (Lipinski definition) is 5. The van der Waals surface area contributed by atoms with Gasteiger partial charge in [-0.1, -0.05) is 60.7 Å². The fourth-order valence-electron chi connectivity index (χ4n) is 3.07. The molecule has 2 aromatic carbocycles. The van der Waals surface area contributed by atoms with E-state index >= 15 is 0 Å². The number of H-pyrrole nitrogens is 1. The summed E-state index contributed by atoms with van der Waals surface area (Å²) in [6, 6.07) is 21.4. The summed E-state index contributed by atoms with van der Waals surface area (Å²) in [7, 11) is 0. The molecule has 0 bridgehead atoms. The van der Waals surface area contributed by atoms with Crippen molar-refractivity contribution in [2.24, 2.45) is 0 Å². The molecule has 0 spiro atoms. The van der Waals surface area contributed by atoms with Crippen LogP contribution >= 0.6 is 0 Å². The van der Waals surface area contributed by atoms with Crippen molar-refractivity contribution < 1.29 is 9.53 Å². The van der Waals surface area contributed by atoms with Crippen molar-refractivity contribution in [3.8, 4) is 17.1 Å². The molecule has 7 heteroatoms. The van der Waals surface area contributed by atoms with Gasteiger partial charge in [-0.05, 0) is 22.3 Å².